The lowest BCUT2D eigenvalue weighted by Crippen LogP contribution is -2.29. The van der Waals surface area contributed by atoms with E-state index in [2.05, 4.69) is 91.8 Å². The molecule has 4 aromatic rings. The standard InChI is InChI=1S/C26H24BrN5S/c1-16-11-13-29-23(14-16)31-17(2)15-21(18(31)3)25-24(22-6-4-5-12-28-22)30-26(33)32(25)20-9-7-19(27)8-10-20/h4-15,24-25H,1-3H3,(H,30,33)/t24-,25+/m1/s1. The first-order valence-corrected chi connectivity index (χ1v) is 12.0. The number of halogens is 1. The molecule has 7 heteroatoms. The molecule has 1 aliphatic rings. The van der Waals surface area contributed by atoms with Crippen molar-refractivity contribution in [2.75, 3.05) is 4.90 Å². The number of hydrogen-bond acceptors (Lipinski definition) is 3. The first-order valence-electron chi connectivity index (χ1n) is 10.8. The highest BCUT2D eigenvalue weighted by Gasteiger charge is 2.42. The van der Waals surface area contributed by atoms with E-state index in [-0.39, 0.29) is 12.1 Å². The lowest BCUT2D eigenvalue weighted by molar-refractivity contribution is 0.565. The van der Waals surface area contributed by atoms with Gasteiger partial charge in [0.1, 0.15) is 5.82 Å². The van der Waals surface area contributed by atoms with Gasteiger partial charge in [0.15, 0.2) is 5.11 Å². The molecule has 0 aliphatic carbocycles. The quantitative estimate of drug-likeness (QED) is 0.329. The fourth-order valence-electron chi connectivity index (χ4n) is 4.63. The Morgan fingerprint density at radius 3 is 2.42 bits per heavy atom. The van der Waals surface area contributed by atoms with Gasteiger partial charge in [0.25, 0.3) is 0 Å². The van der Waals surface area contributed by atoms with Crippen LogP contribution in [-0.4, -0.2) is 19.6 Å². The van der Waals surface area contributed by atoms with Gasteiger partial charge < -0.3 is 14.8 Å². The van der Waals surface area contributed by atoms with Crippen molar-refractivity contribution < 1.29 is 0 Å². The molecule has 3 aromatic heterocycles. The molecule has 1 aromatic carbocycles. The van der Waals surface area contributed by atoms with Gasteiger partial charge >= 0.3 is 0 Å². The van der Waals surface area contributed by atoms with Crippen molar-refractivity contribution in [3.05, 3.63) is 106 Å². The predicted molar refractivity (Wildman–Crippen MR) is 140 cm³/mol. The van der Waals surface area contributed by atoms with Gasteiger partial charge in [0.05, 0.1) is 17.8 Å². The van der Waals surface area contributed by atoms with Crippen molar-refractivity contribution in [2.45, 2.75) is 32.9 Å². The number of pyridine rings is 2. The van der Waals surface area contributed by atoms with E-state index in [0.29, 0.717) is 5.11 Å². The predicted octanol–water partition coefficient (Wildman–Crippen LogP) is 6.13. The van der Waals surface area contributed by atoms with Crippen LogP contribution in [0.25, 0.3) is 5.82 Å². The van der Waals surface area contributed by atoms with Crippen molar-refractivity contribution in [3.63, 3.8) is 0 Å². The maximum absolute atomic E-state index is 5.86. The lowest BCUT2D eigenvalue weighted by Gasteiger charge is -2.28. The molecule has 5 rings (SSSR count). The minimum Gasteiger partial charge on any atom is -0.351 e. The molecule has 1 saturated heterocycles. The second kappa shape index (κ2) is 8.72. The Labute approximate surface area is 207 Å². The van der Waals surface area contributed by atoms with E-state index in [1.165, 1.54) is 11.1 Å². The molecule has 0 saturated carbocycles. The zero-order valence-corrected chi connectivity index (χ0v) is 21.1. The van der Waals surface area contributed by atoms with E-state index in [9.17, 15) is 0 Å². The van der Waals surface area contributed by atoms with Crippen molar-refractivity contribution in [1.82, 2.24) is 19.9 Å². The Morgan fingerprint density at radius 1 is 0.939 bits per heavy atom. The average molecular weight is 518 g/mol. The van der Waals surface area contributed by atoms with Crippen molar-refractivity contribution in [2.24, 2.45) is 0 Å². The Bertz CT molecular complexity index is 1320. The summed E-state index contributed by atoms with van der Waals surface area (Å²) < 4.78 is 3.25. The molecule has 1 fully saturated rings. The van der Waals surface area contributed by atoms with Gasteiger partial charge in [-0.1, -0.05) is 22.0 Å². The van der Waals surface area contributed by atoms with Gasteiger partial charge in [0, 0.05) is 33.9 Å². The molecule has 0 bridgehead atoms. The van der Waals surface area contributed by atoms with Crippen LogP contribution < -0.4 is 10.2 Å². The van der Waals surface area contributed by atoms with Crippen molar-refractivity contribution in [1.29, 1.82) is 0 Å². The summed E-state index contributed by atoms with van der Waals surface area (Å²) in [6.45, 7) is 6.37. The largest absolute Gasteiger partial charge is 0.351 e. The summed E-state index contributed by atoms with van der Waals surface area (Å²) >= 11 is 9.41. The second-order valence-corrected chi connectivity index (χ2v) is 9.63. The van der Waals surface area contributed by atoms with Crippen LogP contribution in [-0.2, 0) is 0 Å². The molecule has 33 heavy (non-hydrogen) atoms. The Hall–Kier alpha value is -3.03. The summed E-state index contributed by atoms with van der Waals surface area (Å²) in [7, 11) is 0. The average Bonchev–Trinajstić information content (AvgIpc) is 3.30. The molecule has 5 nitrogen and oxygen atoms in total. The van der Waals surface area contributed by atoms with E-state index in [0.717, 1.165) is 33.1 Å². The molecular weight excluding hydrogens is 494 g/mol. The molecule has 0 unspecified atom stereocenters. The van der Waals surface area contributed by atoms with E-state index in [1.807, 2.05) is 42.7 Å². The molecule has 4 heterocycles. The number of thiocarbonyl (C=S) groups is 1. The van der Waals surface area contributed by atoms with Gasteiger partial charge in [-0.05, 0) is 98.7 Å². The number of aromatic nitrogens is 3. The lowest BCUT2D eigenvalue weighted by atomic mass is 9.96. The Kier molecular flexibility index (Phi) is 5.76. The maximum atomic E-state index is 5.86. The third kappa shape index (κ3) is 3.96. The number of aryl methyl sites for hydroxylation is 2. The third-order valence-corrected chi connectivity index (χ3v) is 6.97. The zero-order valence-electron chi connectivity index (χ0n) is 18.7. The van der Waals surface area contributed by atoms with Crippen LogP contribution in [0.3, 0.4) is 0 Å². The van der Waals surface area contributed by atoms with Gasteiger partial charge in [-0.25, -0.2) is 4.98 Å². The molecule has 0 amide bonds. The molecule has 0 radical (unpaired) electrons. The second-order valence-electron chi connectivity index (χ2n) is 8.33. The highest BCUT2D eigenvalue weighted by Crippen LogP contribution is 2.43. The summed E-state index contributed by atoms with van der Waals surface area (Å²) in [6, 6.07) is 20.5. The van der Waals surface area contributed by atoms with Crippen LogP contribution in [0.4, 0.5) is 5.69 Å². The summed E-state index contributed by atoms with van der Waals surface area (Å²) in [5.74, 6) is 0.925. The molecule has 1 N–H and O–H groups in total. The molecule has 166 valence electrons. The van der Waals surface area contributed by atoms with E-state index in [1.54, 1.807) is 0 Å². The smallest absolute Gasteiger partial charge is 0.174 e. The summed E-state index contributed by atoms with van der Waals surface area (Å²) in [5, 5.41) is 4.24. The molecular formula is C26H24BrN5S. The number of nitrogens with zero attached hydrogens (tertiary/aromatic N) is 4. The first kappa shape index (κ1) is 21.8. The van der Waals surface area contributed by atoms with Crippen LogP contribution in [0, 0.1) is 20.8 Å². The van der Waals surface area contributed by atoms with Crippen molar-refractivity contribution in [3.8, 4) is 5.82 Å². The fourth-order valence-corrected chi connectivity index (χ4v) is 5.24. The monoisotopic (exact) mass is 517 g/mol. The molecule has 0 spiro atoms. The van der Waals surface area contributed by atoms with Crippen molar-refractivity contribution >= 4 is 38.9 Å². The van der Waals surface area contributed by atoms with Crippen LogP contribution >= 0.6 is 28.1 Å². The van der Waals surface area contributed by atoms with Gasteiger partial charge in [-0.15, -0.1) is 0 Å². The summed E-state index contributed by atoms with van der Waals surface area (Å²) in [4.78, 5) is 11.5. The number of benzene rings is 1. The van der Waals surface area contributed by atoms with Gasteiger partial charge in [-0.2, -0.15) is 0 Å². The number of anilines is 1. The van der Waals surface area contributed by atoms with Gasteiger partial charge in [0.2, 0.25) is 0 Å². The number of rotatable bonds is 4. The summed E-state index contributed by atoms with van der Waals surface area (Å²) in [6.07, 6.45) is 3.69. The highest BCUT2D eigenvalue weighted by atomic mass is 79.9. The minimum absolute atomic E-state index is 0.0571. The first-order chi connectivity index (χ1) is 15.9. The van der Waals surface area contributed by atoms with E-state index in [4.69, 9.17) is 12.2 Å². The SMILES string of the molecule is Cc1ccnc(-n2c(C)cc([C@H]3[C@@H](c4ccccn4)NC(=S)N3c3ccc(Br)cc3)c2C)c1. The third-order valence-electron chi connectivity index (χ3n) is 6.12. The molecule has 2 atom stereocenters. The normalized spacial score (nSPS) is 17.9. The van der Waals surface area contributed by atoms with E-state index >= 15 is 0 Å². The topological polar surface area (TPSA) is 46.0 Å². The van der Waals surface area contributed by atoms with Gasteiger partial charge in [-0.3, -0.25) is 4.98 Å². The van der Waals surface area contributed by atoms with Crippen LogP contribution in [0.5, 0.6) is 0 Å². The molecule has 1 aliphatic heterocycles. The minimum atomic E-state index is -0.0817. The Balaban J connectivity index is 1.68. The summed E-state index contributed by atoms with van der Waals surface area (Å²) in [5.41, 5.74) is 6.65. The Morgan fingerprint density at radius 2 is 1.73 bits per heavy atom. The maximum Gasteiger partial charge on any atom is 0.174 e. The van der Waals surface area contributed by atoms with E-state index < -0.39 is 0 Å². The fraction of sp³-hybridized carbons (Fsp3) is 0.192. The number of hydrogen-bond donors (Lipinski definition) is 1. The van der Waals surface area contributed by atoms with Crippen LogP contribution in [0.2, 0.25) is 0 Å². The van der Waals surface area contributed by atoms with Crippen LogP contribution in [0.1, 0.15) is 40.3 Å². The zero-order chi connectivity index (χ0) is 23.1. The number of nitrogens with one attached hydrogen (secondary N) is 1. The highest BCUT2D eigenvalue weighted by molar-refractivity contribution is 9.10. The van der Waals surface area contributed by atoms with Crippen LogP contribution in [0.15, 0.2) is 77.5 Å².